The van der Waals surface area contributed by atoms with E-state index in [2.05, 4.69) is 0 Å². The fourth-order valence-corrected chi connectivity index (χ4v) is 1.85. The first-order valence-corrected chi connectivity index (χ1v) is 6.74. The molecule has 0 amide bonds. The summed E-state index contributed by atoms with van der Waals surface area (Å²) >= 11 is 0. The van der Waals surface area contributed by atoms with Gasteiger partial charge in [-0.15, -0.1) is 0 Å². The molecule has 1 aromatic rings. The highest BCUT2D eigenvalue weighted by Gasteiger charge is 2.06. The predicted molar refractivity (Wildman–Crippen MR) is 74.1 cm³/mol. The highest BCUT2D eigenvalue weighted by molar-refractivity contribution is 5.96. The van der Waals surface area contributed by atoms with Crippen LogP contribution in [0.5, 0.6) is 5.75 Å². The molecule has 3 nitrogen and oxygen atoms in total. The largest absolute Gasteiger partial charge is 0.494 e. The maximum Gasteiger partial charge on any atom is 0.163 e. The molecule has 0 heterocycles. The van der Waals surface area contributed by atoms with Gasteiger partial charge in [0.1, 0.15) is 5.75 Å². The molecule has 100 valence electrons. The zero-order chi connectivity index (χ0) is 13.2. The van der Waals surface area contributed by atoms with Crippen LogP contribution in [0.3, 0.4) is 0 Å². The van der Waals surface area contributed by atoms with Gasteiger partial charge in [-0.1, -0.05) is 25.0 Å². The third kappa shape index (κ3) is 5.32. The summed E-state index contributed by atoms with van der Waals surface area (Å²) in [6, 6.07) is 7.42. The van der Waals surface area contributed by atoms with Crippen LogP contribution in [-0.2, 0) is 0 Å². The Morgan fingerprint density at radius 3 is 2.72 bits per heavy atom. The standard InChI is InChI=1S/C15H23NO2/c1-2-18-14-9-7-8-13(12-14)15(17)10-5-3-4-6-11-16/h7-9,12H,2-6,10-11,16H2,1H3. The van der Waals surface area contributed by atoms with Gasteiger partial charge in [-0.25, -0.2) is 0 Å². The molecule has 0 atom stereocenters. The topological polar surface area (TPSA) is 52.3 Å². The Kier molecular flexibility index (Phi) is 7.11. The van der Waals surface area contributed by atoms with Gasteiger partial charge in [0.15, 0.2) is 5.78 Å². The van der Waals surface area contributed by atoms with E-state index >= 15 is 0 Å². The molecule has 0 saturated carbocycles. The predicted octanol–water partition coefficient (Wildman–Crippen LogP) is 3.18. The average molecular weight is 249 g/mol. The van der Waals surface area contributed by atoms with Crippen molar-refractivity contribution in [1.82, 2.24) is 0 Å². The fourth-order valence-electron chi connectivity index (χ4n) is 1.85. The number of carbonyl (C=O) groups is 1. The van der Waals surface area contributed by atoms with E-state index in [1.807, 2.05) is 31.2 Å². The number of ether oxygens (including phenoxy) is 1. The highest BCUT2D eigenvalue weighted by atomic mass is 16.5. The van der Waals surface area contributed by atoms with E-state index in [4.69, 9.17) is 10.5 Å². The van der Waals surface area contributed by atoms with Gasteiger partial charge < -0.3 is 10.5 Å². The molecule has 1 rings (SSSR count). The summed E-state index contributed by atoms with van der Waals surface area (Å²) in [5.41, 5.74) is 6.18. The third-order valence-electron chi connectivity index (χ3n) is 2.82. The van der Waals surface area contributed by atoms with Crippen molar-refractivity contribution in [3.8, 4) is 5.75 Å². The second kappa shape index (κ2) is 8.70. The minimum atomic E-state index is 0.198. The summed E-state index contributed by atoms with van der Waals surface area (Å²) in [7, 11) is 0. The van der Waals surface area contributed by atoms with Crippen molar-refractivity contribution in [2.45, 2.75) is 39.0 Å². The van der Waals surface area contributed by atoms with Crippen molar-refractivity contribution in [2.24, 2.45) is 5.73 Å². The summed E-state index contributed by atoms with van der Waals surface area (Å²) in [5, 5.41) is 0. The Hall–Kier alpha value is -1.35. The van der Waals surface area contributed by atoms with Gasteiger partial charge in [0.25, 0.3) is 0 Å². The van der Waals surface area contributed by atoms with Gasteiger partial charge in [0.2, 0.25) is 0 Å². The number of rotatable bonds is 9. The third-order valence-corrected chi connectivity index (χ3v) is 2.82. The minimum Gasteiger partial charge on any atom is -0.494 e. The monoisotopic (exact) mass is 249 g/mol. The van der Waals surface area contributed by atoms with Crippen LogP contribution < -0.4 is 10.5 Å². The smallest absolute Gasteiger partial charge is 0.163 e. The van der Waals surface area contributed by atoms with E-state index in [0.29, 0.717) is 13.0 Å². The Balaban J connectivity index is 2.38. The van der Waals surface area contributed by atoms with Crippen molar-refractivity contribution < 1.29 is 9.53 Å². The zero-order valence-electron chi connectivity index (χ0n) is 11.2. The number of benzene rings is 1. The Morgan fingerprint density at radius 1 is 1.22 bits per heavy atom. The van der Waals surface area contributed by atoms with Crippen molar-refractivity contribution in [3.63, 3.8) is 0 Å². The molecular formula is C15H23NO2. The van der Waals surface area contributed by atoms with Crippen LogP contribution in [0.4, 0.5) is 0 Å². The van der Waals surface area contributed by atoms with Crippen molar-refractivity contribution in [1.29, 1.82) is 0 Å². The van der Waals surface area contributed by atoms with Crippen molar-refractivity contribution in [3.05, 3.63) is 29.8 Å². The molecule has 0 radical (unpaired) electrons. The fraction of sp³-hybridized carbons (Fsp3) is 0.533. The summed E-state index contributed by atoms with van der Waals surface area (Å²) in [6.07, 6.45) is 4.79. The van der Waals surface area contributed by atoms with Crippen LogP contribution >= 0.6 is 0 Å². The Morgan fingerprint density at radius 2 is 2.00 bits per heavy atom. The van der Waals surface area contributed by atoms with E-state index in [0.717, 1.165) is 43.5 Å². The van der Waals surface area contributed by atoms with E-state index in [1.165, 1.54) is 0 Å². The molecule has 0 aromatic heterocycles. The minimum absolute atomic E-state index is 0.198. The van der Waals surface area contributed by atoms with Gasteiger partial charge in [-0.2, -0.15) is 0 Å². The van der Waals surface area contributed by atoms with Crippen molar-refractivity contribution in [2.75, 3.05) is 13.2 Å². The van der Waals surface area contributed by atoms with Gasteiger partial charge in [0.05, 0.1) is 6.61 Å². The number of carbonyl (C=O) groups excluding carboxylic acids is 1. The normalized spacial score (nSPS) is 10.3. The number of unbranched alkanes of at least 4 members (excludes halogenated alkanes) is 3. The number of Topliss-reactive ketones (excluding diaryl/α,β-unsaturated/α-hetero) is 1. The second-order valence-corrected chi connectivity index (χ2v) is 4.34. The lowest BCUT2D eigenvalue weighted by Gasteiger charge is -2.05. The van der Waals surface area contributed by atoms with Crippen LogP contribution in [0.2, 0.25) is 0 Å². The van der Waals surface area contributed by atoms with Crippen LogP contribution in [0.25, 0.3) is 0 Å². The van der Waals surface area contributed by atoms with Gasteiger partial charge in [-0.3, -0.25) is 4.79 Å². The molecule has 0 aliphatic rings. The van der Waals surface area contributed by atoms with Gasteiger partial charge in [-0.05, 0) is 38.4 Å². The SMILES string of the molecule is CCOc1cccc(C(=O)CCCCCCN)c1. The van der Waals surface area contributed by atoms with E-state index in [1.54, 1.807) is 0 Å². The van der Waals surface area contributed by atoms with Gasteiger partial charge in [0, 0.05) is 12.0 Å². The lowest BCUT2D eigenvalue weighted by atomic mass is 10.0. The lowest BCUT2D eigenvalue weighted by molar-refractivity contribution is 0.0978. The Labute approximate surface area is 109 Å². The molecule has 1 aromatic carbocycles. The molecule has 0 fully saturated rings. The number of ketones is 1. The molecule has 18 heavy (non-hydrogen) atoms. The quantitative estimate of drug-likeness (QED) is 0.540. The lowest BCUT2D eigenvalue weighted by Crippen LogP contribution is -2.01. The van der Waals surface area contributed by atoms with E-state index < -0.39 is 0 Å². The first-order chi connectivity index (χ1) is 8.77. The molecular weight excluding hydrogens is 226 g/mol. The summed E-state index contributed by atoms with van der Waals surface area (Å²) < 4.78 is 5.39. The average Bonchev–Trinajstić information content (AvgIpc) is 2.39. The highest BCUT2D eigenvalue weighted by Crippen LogP contribution is 2.16. The molecule has 0 spiro atoms. The van der Waals surface area contributed by atoms with Gasteiger partial charge >= 0.3 is 0 Å². The Bertz CT molecular complexity index is 363. The maximum atomic E-state index is 12.0. The van der Waals surface area contributed by atoms with Crippen LogP contribution in [0.1, 0.15) is 49.4 Å². The number of hydrogen-bond donors (Lipinski definition) is 1. The number of nitrogens with two attached hydrogens (primary N) is 1. The first-order valence-electron chi connectivity index (χ1n) is 6.74. The molecule has 0 bridgehead atoms. The van der Waals surface area contributed by atoms with Crippen LogP contribution in [0, 0.1) is 0 Å². The maximum absolute atomic E-state index is 12.0. The van der Waals surface area contributed by atoms with E-state index in [-0.39, 0.29) is 5.78 Å². The molecule has 0 aliphatic carbocycles. The molecule has 0 saturated heterocycles. The van der Waals surface area contributed by atoms with Crippen LogP contribution in [-0.4, -0.2) is 18.9 Å². The summed E-state index contributed by atoms with van der Waals surface area (Å²) in [6.45, 7) is 3.30. The summed E-state index contributed by atoms with van der Waals surface area (Å²) in [5.74, 6) is 0.968. The molecule has 0 unspecified atom stereocenters. The van der Waals surface area contributed by atoms with E-state index in [9.17, 15) is 4.79 Å². The van der Waals surface area contributed by atoms with Crippen LogP contribution in [0.15, 0.2) is 24.3 Å². The first kappa shape index (κ1) is 14.7. The van der Waals surface area contributed by atoms with Crippen molar-refractivity contribution >= 4 is 5.78 Å². The zero-order valence-corrected chi connectivity index (χ0v) is 11.2. The molecule has 3 heteroatoms. The number of hydrogen-bond acceptors (Lipinski definition) is 3. The second-order valence-electron chi connectivity index (χ2n) is 4.34. The molecule has 0 aliphatic heterocycles. The molecule has 2 N–H and O–H groups in total. The summed E-state index contributed by atoms with van der Waals surface area (Å²) in [4.78, 5) is 12.0.